The molecule has 15 heavy (non-hydrogen) atoms. The molecule has 5 heteroatoms. The van der Waals surface area contributed by atoms with E-state index in [9.17, 15) is 9.32 Å². The third-order valence-corrected chi connectivity index (χ3v) is 3.60. The highest BCUT2D eigenvalue weighted by molar-refractivity contribution is 7.86. The minimum atomic E-state index is -1.27. The van der Waals surface area contributed by atoms with Crippen LogP contribution in [0.3, 0.4) is 0 Å². The fourth-order valence-electron chi connectivity index (χ4n) is 1.06. The van der Waals surface area contributed by atoms with Gasteiger partial charge in [-0.2, -0.15) is 0 Å². The Kier molecular flexibility index (Phi) is 3.57. The molecular formula is C10H16N2O2S. The molecule has 1 aromatic heterocycles. The largest absolute Gasteiger partial charge is 0.387 e. The fourth-order valence-corrected chi connectivity index (χ4v) is 2.21. The molecule has 0 fully saturated rings. The smallest absolute Gasteiger partial charge is 0.151 e. The Labute approximate surface area is 92.2 Å². The summed E-state index contributed by atoms with van der Waals surface area (Å²) in [6, 6.07) is 0. The maximum absolute atomic E-state index is 12.1. The Morgan fingerprint density at radius 3 is 2.33 bits per heavy atom. The first-order valence-corrected chi connectivity index (χ1v) is 5.90. The number of rotatable bonds is 2. The standard InChI is InChI=1S/C10H16N2O2S/c1-7(13)8-9(12-6-5-11-8)15(14)10(2,3)4/h5-7,13H,1-4H3. The van der Waals surface area contributed by atoms with Crippen LogP contribution in [0.15, 0.2) is 17.4 Å². The highest BCUT2D eigenvalue weighted by Crippen LogP contribution is 2.23. The molecule has 0 radical (unpaired) electrons. The lowest BCUT2D eigenvalue weighted by Gasteiger charge is -2.19. The van der Waals surface area contributed by atoms with Crippen LogP contribution < -0.4 is 0 Å². The van der Waals surface area contributed by atoms with Crippen molar-refractivity contribution in [2.24, 2.45) is 0 Å². The summed E-state index contributed by atoms with van der Waals surface area (Å²) in [6.45, 7) is 7.18. The highest BCUT2D eigenvalue weighted by Gasteiger charge is 2.26. The van der Waals surface area contributed by atoms with Crippen molar-refractivity contribution >= 4 is 10.8 Å². The van der Waals surface area contributed by atoms with E-state index in [1.165, 1.54) is 12.4 Å². The molecule has 0 spiro atoms. The molecule has 0 aliphatic heterocycles. The van der Waals surface area contributed by atoms with Crippen LogP contribution in [0.5, 0.6) is 0 Å². The lowest BCUT2D eigenvalue weighted by atomic mass is 10.3. The van der Waals surface area contributed by atoms with Crippen LogP contribution in [0.25, 0.3) is 0 Å². The Bertz CT molecular complexity index is 372. The molecule has 4 nitrogen and oxygen atoms in total. The van der Waals surface area contributed by atoms with Crippen molar-refractivity contribution in [3.8, 4) is 0 Å². The zero-order valence-corrected chi connectivity index (χ0v) is 10.2. The summed E-state index contributed by atoms with van der Waals surface area (Å²) < 4.78 is 11.7. The van der Waals surface area contributed by atoms with Crippen molar-refractivity contribution in [2.45, 2.75) is 43.6 Å². The molecule has 0 saturated heterocycles. The number of aromatic nitrogens is 2. The summed E-state index contributed by atoms with van der Waals surface area (Å²) in [4.78, 5) is 8.05. The van der Waals surface area contributed by atoms with Gasteiger partial charge in [0.15, 0.2) is 5.03 Å². The van der Waals surface area contributed by atoms with Gasteiger partial charge >= 0.3 is 0 Å². The summed E-state index contributed by atoms with van der Waals surface area (Å²) >= 11 is 0. The van der Waals surface area contributed by atoms with Gasteiger partial charge in [-0.1, -0.05) is 0 Å². The average molecular weight is 228 g/mol. The normalized spacial score (nSPS) is 16.1. The van der Waals surface area contributed by atoms with Gasteiger partial charge in [0.05, 0.1) is 16.9 Å². The molecule has 2 unspecified atom stereocenters. The summed E-state index contributed by atoms with van der Waals surface area (Å²) in [5.74, 6) is 0. The van der Waals surface area contributed by atoms with Crippen molar-refractivity contribution in [3.63, 3.8) is 0 Å². The van der Waals surface area contributed by atoms with Crippen LogP contribution in [0.1, 0.15) is 39.5 Å². The van der Waals surface area contributed by atoms with E-state index in [1.807, 2.05) is 20.8 Å². The fraction of sp³-hybridized carbons (Fsp3) is 0.600. The van der Waals surface area contributed by atoms with E-state index in [4.69, 9.17) is 0 Å². The van der Waals surface area contributed by atoms with Gasteiger partial charge in [-0.3, -0.25) is 9.19 Å². The zero-order chi connectivity index (χ0) is 11.6. The molecule has 0 aliphatic carbocycles. The predicted octanol–water partition coefficient (Wildman–Crippen LogP) is 1.44. The zero-order valence-electron chi connectivity index (χ0n) is 9.39. The molecule has 2 atom stereocenters. The number of aliphatic hydroxyl groups excluding tert-OH is 1. The van der Waals surface area contributed by atoms with Gasteiger partial charge in [-0.15, -0.1) is 0 Å². The lowest BCUT2D eigenvalue weighted by Crippen LogP contribution is -2.24. The molecule has 0 aliphatic rings. The third kappa shape index (κ3) is 2.82. The van der Waals surface area contributed by atoms with Crippen molar-refractivity contribution in [1.29, 1.82) is 0 Å². The predicted molar refractivity (Wildman–Crippen MR) is 58.8 cm³/mol. The maximum Gasteiger partial charge on any atom is 0.151 e. The van der Waals surface area contributed by atoms with Crippen LogP contribution in [-0.4, -0.2) is 24.0 Å². The van der Waals surface area contributed by atoms with Crippen LogP contribution in [0.2, 0.25) is 0 Å². The molecule has 1 N–H and O–H groups in total. The van der Waals surface area contributed by atoms with Gasteiger partial charge in [0.2, 0.25) is 0 Å². The Morgan fingerprint density at radius 1 is 1.33 bits per heavy atom. The summed E-state index contributed by atoms with van der Waals surface area (Å²) in [5.41, 5.74) is 0.394. The molecule has 84 valence electrons. The van der Waals surface area contributed by atoms with Crippen molar-refractivity contribution in [1.82, 2.24) is 9.97 Å². The second kappa shape index (κ2) is 4.37. The van der Waals surface area contributed by atoms with E-state index < -0.39 is 21.7 Å². The van der Waals surface area contributed by atoms with Crippen molar-refractivity contribution in [2.75, 3.05) is 0 Å². The van der Waals surface area contributed by atoms with Crippen LogP contribution >= 0.6 is 0 Å². The van der Waals surface area contributed by atoms with Crippen LogP contribution in [0, 0.1) is 0 Å². The SMILES string of the molecule is CC(O)c1nccnc1S(=O)C(C)(C)C. The molecule has 0 saturated carbocycles. The average Bonchev–Trinajstić information content (AvgIpc) is 2.15. The van der Waals surface area contributed by atoms with E-state index in [1.54, 1.807) is 6.92 Å². The monoisotopic (exact) mass is 228 g/mol. The van der Waals surface area contributed by atoms with Crippen LogP contribution in [-0.2, 0) is 10.8 Å². The number of aliphatic hydroxyl groups is 1. The summed E-state index contributed by atoms with van der Waals surface area (Å²) in [5, 5.41) is 9.86. The molecule has 1 heterocycles. The third-order valence-electron chi connectivity index (χ3n) is 1.82. The van der Waals surface area contributed by atoms with Gasteiger partial charge < -0.3 is 5.11 Å². The minimum Gasteiger partial charge on any atom is -0.387 e. The summed E-state index contributed by atoms with van der Waals surface area (Å²) in [7, 11) is -1.27. The Balaban J connectivity index is 3.20. The van der Waals surface area contributed by atoms with E-state index in [-0.39, 0.29) is 0 Å². The second-order valence-electron chi connectivity index (χ2n) is 4.30. The van der Waals surface area contributed by atoms with E-state index in [0.717, 1.165) is 0 Å². The van der Waals surface area contributed by atoms with E-state index in [2.05, 4.69) is 9.97 Å². The number of hydrogen-bond acceptors (Lipinski definition) is 4. The van der Waals surface area contributed by atoms with Gasteiger partial charge in [0.25, 0.3) is 0 Å². The van der Waals surface area contributed by atoms with Gasteiger partial charge in [0, 0.05) is 17.1 Å². The minimum absolute atomic E-state index is 0.375. The molecule has 0 aromatic carbocycles. The molecule has 1 aromatic rings. The first-order valence-electron chi connectivity index (χ1n) is 4.75. The molecule has 1 rings (SSSR count). The van der Waals surface area contributed by atoms with Gasteiger partial charge in [-0.25, -0.2) is 4.98 Å². The topological polar surface area (TPSA) is 63.1 Å². The van der Waals surface area contributed by atoms with E-state index >= 15 is 0 Å². The van der Waals surface area contributed by atoms with Crippen molar-refractivity contribution in [3.05, 3.63) is 18.1 Å². The molecular weight excluding hydrogens is 212 g/mol. The molecule has 0 amide bonds. The Hall–Kier alpha value is -0.810. The number of nitrogens with zero attached hydrogens (tertiary/aromatic N) is 2. The van der Waals surface area contributed by atoms with Gasteiger partial charge in [-0.05, 0) is 27.7 Å². The first kappa shape index (κ1) is 12.3. The quantitative estimate of drug-likeness (QED) is 0.832. The molecule has 0 bridgehead atoms. The summed E-state index contributed by atoms with van der Waals surface area (Å²) in [6.07, 6.45) is 2.23. The van der Waals surface area contributed by atoms with Crippen molar-refractivity contribution < 1.29 is 9.32 Å². The van der Waals surface area contributed by atoms with Gasteiger partial charge in [0.1, 0.15) is 5.69 Å². The van der Waals surface area contributed by atoms with E-state index in [0.29, 0.717) is 10.7 Å². The maximum atomic E-state index is 12.1. The second-order valence-corrected chi connectivity index (χ2v) is 6.45. The Morgan fingerprint density at radius 2 is 1.87 bits per heavy atom. The number of hydrogen-bond donors (Lipinski definition) is 1. The van der Waals surface area contributed by atoms with Crippen LogP contribution in [0.4, 0.5) is 0 Å². The lowest BCUT2D eigenvalue weighted by molar-refractivity contribution is 0.190. The highest BCUT2D eigenvalue weighted by atomic mass is 32.2. The first-order chi connectivity index (χ1) is 6.84.